The summed E-state index contributed by atoms with van der Waals surface area (Å²) in [5, 5.41) is 0.124. The van der Waals surface area contributed by atoms with Gasteiger partial charge in [0.15, 0.2) is 5.78 Å². The predicted molar refractivity (Wildman–Crippen MR) is 71.2 cm³/mol. The summed E-state index contributed by atoms with van der Waals surface area (Å²) in [5.41, 5.74) is -0.788. The molecule has 3 rings (SSSR count). The molecular weight excluding hydrogens is 303 g/mol. The molecule has 2 fully saturated rings. The Morgan fingerprint density at radius 3 is 2.29 bits per heavy atom. The van der Waals surface area contributed by atoms with Crippen LogP contribution in [-0.4, -0.2) is 25.5 Å². The lowest BCUT2D eigenvalue weighted by molar-refractivity contribution is -0.137. The van der Waals surface area contributed by atoms with Crippen LogP contribution in [-0.2, 0) is 17.0 Å². The third-order valence-corrected chi connectivity index (χ3v) is 6.45. The van der Waals surface area contributed by atoms with Crippen LogP contribution in [0.25, 0.3) is 0 Å². The number of hydrogen-bond donors (Lipinski definition) is 0. The second-order valence-corrected chi connectivity index (χ2v) is 7.60. The zero-order valence-electron chi connectivity index (χ0n) is 11.1. The van der Waals surface area contributed by atoms with Crippen LogP contribution in [0, 0.1) is 5.92 Å². The summed E-state index contributed by atoms with van der Waals surface area (Å²) in [6.45, 7) is 0. The molecule has 0 aliphatic carbocycles. The number of aromatic nitrogens is 1. The van der Waals surface area contributed by atoms with Gasteiger partial charge in [-0.2, -0.15) is 13.2 Å². The molecule has 0 saturated carbocycles. The van der Waals surface area contributed by atoms with Crippen molar-refractivity contribution in [3.63, 3.8) is 0 Å². The van der Waals surface area contributed by atoms with E-state index in [0.717, 1.165) is 25.0 Å². The van der Waals surface area contributed by atoms with Gasteiger partial charge >= 0.3 is 6.18 Å². The molecule has 2 unspecified atom stereocenters. The summed E-state index contributed by atoms with van der Waals surface area (Å²) in [5.74, 6) is -0.484. The third-order valence-electron chi connectivity index (χ3n) is 4.28. The summed E-state index contributed by atoms with van der Waals surface area (Å²) in [6, 6.07) is 2.02. The molecule has 114 valence electrons. The normalized spacial score (nSPS) is 32.1. The van der Waals surface area contributed by atoms with Crippen LogP contribution in [0.3, 0.4) is 0 Å². The summed E-state index contributed by atoms with van der Waals surface area (Å²) in [6.07, 6.45) is -0.878. The molecule has 0 N–H and O–H groups in total. The highest BCUT2D eigenvalue weighted by molar-refractivity contribution is 7.86. The molecule has 0 spiro atoms. The van der Waals surface area contributed by atoms with E-state index in [-0.39, 0.29) is 27.9 Å². The predicted octanol–water partition coefficient (Wildman–Crippen LogP) is 2.97. The van der Waals surface area contributed by atoms with Crippen LogP contribution in [0.5, 0.6) is 0 Å². The average Bonchev–Trinajstić information content (AvgIpc) is 2.66. The van der Waals surface area contributed by atoms with Gasteiger partial charge in [-0.1, -0.05) is 0 Å². The maximum atomic E-state index is 12.5. The molecule has 2 atom stereocenters. The largest absolute Gasteiger partial charge is 0.417 e. The van der Waals surface area contributed by atoms with Crippen LogP contribution >= 0.6 is 0 Å². The first-order valence-corrected chi connectivity index (χ1v) is 8.10. The molecule has 0 radical (unpaired) electrons. The van der Waals surface area contributed by atoms with E-state index >= 15 is 0 Å². The van der Waals surface area contributed by atoms with Gasteiger partial charge in [-0.25, -0.2) is 0 Å². The number of pyridine rings is 1. The molecular formula is C14H14F3NO2S. The monoisotopic (exact) mass is 317 g/mol. The fourth-order valence-electron chi connectivity index (χ4n) is 3.16. The number of alkyl halides is 3. The van der Waals surface area contributed by atoms with Gasteiger partial charge in [-0.3, -0.25) is 14.0 Å². The Morgan fingerprint density at radius 1 is 1.19 bits per heavy atom. The maximum Gasteiger partial charge on any atom is 0.417 e. The lowest BCUT2D eigenvalue weighted by atomic mass is 9.92. The average molecular weight is 317 g/mol. The molecule has 1 aromatic rings. The number of carbonyl (C=O) groups excluding carboxylic acids is 1. The standard InChI is InChI=1S/C14H14F3NO2S/c15-14(16,17)9-1-4-12(18-7-9)13(19)8-5-10-2-3-11(6-8)21(10)20/h1,4,7-8,10-11H,2-3,5-6H2. The van der Waals surface area contributed by atoms with E-state index < -0.39 is 22.5 Å². The Balaban J connectivity index is 1.75. The van der Waals surface area contributed by atoms with Gasteiger partial charge in [-0.05, 0) is 37.8 Å². The van der Waals surface area contributed by atoms with Crippen molar-refractivity contribution in [2.24, 2.45) is 5.92 Å². The molecule has 7 heteroatoms. The topological polar surface area (TPSA) is 47.0 Å². The smallest absolute Gasteiger partial charge is 0.292 e. The van der Waals surface area contributed by atoms with Crippen molar-refractivity contribution in [1.82, 2.24) is 4.98 Å². The van der Waals surface area contributed by atoms with Crippen LogP contribution in [0.4, 0.5) is 13.2 Å². The number of Topliss-reactive ketones (excluding diaryl/α,β-unsaturated/α-hetero) is 1. The number of nitrogens with zero attached hydrogens (tertiary/aromatic N) is 1. The minimum atomic E-state index is -4.45. The number of carbonyl (C=O) groups is 1. The maximum absolute atomic E-state index is 12.5. The second-order valence-electron chi connectivity index (χ2n) is 5.61. The number of ketones is 1. The van der Waals surface area contributed by atoms with Crippen LogP contribution in [0.1, 0.15) is 41.7 Å². The van der Waals surface area contributed by atoms with E-state index in [0.29, 0.717) is 19.0 Å². The van der Waals surface area contributed by atoms with E-state index in [4.69, 9.17) is 0 Å². The van der Waals surface area contributed by atoms with Gasteiger partial charge in [-0.15, -0.1) is 0 Å². The molecule has 2 bridgehead atoms. The molecule has 2 aliphatic rings. The van der Waals surface area contributed by atoms with Crippen LogP contribution < -0.4 is 0 Å². The van der Waals surface area contributed by atoms with E-state index in [2.05, 4.69) is 4.98 Å². The zero-order chi connectivity index (χ0) is 15.2. The summed E-state index contributed by atoms with van der Waals surface area (Å²) in [4.78, 5) is 16.0. The Kier molecular flexibility index (Phi) is 3.63. The van der Waals surface area contributed by atoms with Crippen molar-refractivity contribution in [2.45, 2.75) is 42.4 Å². The number of hydrogen-bond acceptors (Lipinski definition) is 3. The minimum absolute atomic E-state index is 0.0622. The first-order chi connectivity index (χ1) is 9.86. The quantitative estimate of drug-likeness (QED) is 0.788. The number of rotatable bonds is 2. The Hall–Kier alpha value is -1.24. The summed E-state index contributed by atoms with van der Waals surface area (Å²) >= 11 is 0. The first-order valence-electron chi connectivity index (χ1n) is 6.83. The van der Waals surface area contributed by atoms with E-state index in [1.807, 2.05) is 0 Å². The zero-order valence-corrected chi connectivity index (χ0v) is 11.9. The molecule has 3 nitrogen and oxygen atoms in total. The lowest BCUT2D eigenvalue weighted by Crippen LogP contribution is -2.32. The molecule has 1 aromatic heterocycles. The van der Waals surface area contributed by atoms with Gasteiger partial charge in [0.2, 0.25) is 0 Å². The van der Waals surface area contributed by atoms with Gasteiger partial charge in [0.05, 0.1) is 5.56 Å². The van der Waals surface area contributed by atoms with Gasteiger partial charge < -0.3 is 0 Å². The molecule has 21 heavy (non-hydrogen) atoms. The highest BCUT2D eigenvalue weighted by atomic mass is 32.2. The number of fused-ring (bicyclic) bond motifs is 2. The molecule has 0 amide bonds. The molecule has 0 aromatic carbocycles. The Labute approximate surface area is 122 Å². The first kappa shape index (κ1) is 14.7. The summed E-state index contributed by atoms with van der Waals surface area (Å²) in [7, 11) is -0.849. The van der Waals surface area contributed by atoms with E-state index in [9.17, 15) is 22.2 Å². The minimum Gasteiger partial charge on any atom is -0.292 e. The van der Waals surface area contributed by atoms with Crippen molar-refractivity contribution in [2.75, 3.05) is 0 Å². The lowest BCUT2D eigenvalue weighted by Gasteiger charge is -2.25. The molecule has 2 aliphatic heterocycles. The van der Waals surface area contributed by atoms with Crippen molar-refractivity contribution in [1.29, 1.82) is 0 Å². The second kappa shape index (κ2) is 5.19. The van der Waals surface area contributed by atoms with Gasteiger partial charge in [0.25, 0.3) is 0 Å². The molecule has 2 saturated heterocycles. The highest BCUT2D eigenvalue weighted by Gasteiger charge is 2.43. The van der Waals surface area contributed by atoms with Gasteiger partial charge in [0.1, 0.15) is 5.69 Å². The highest BCUT2D eigenvalue weighted by Crippen LogP contribution is 2.39. The van der Waals surface area contributed by atoms with Gasteiger partial charge in [0, 0.05) is 33.4 Å². The molecule has 3 heterocycles. The SMILES string of the molecule is O=C(c1ccc(C(F)(F)F)cn1)C1CC2CCC(C1)S2=O. The van der Waals surface area contributed by atoms with Crippen LogP contribution in [0.15, 0.2) is 18.3 Å². The fourth-order valence-corrected chi connectivity index (χ4v) is 5.29. The fraction of sp³-hybridized carbons (Fsp3) is 0.571. The Bertz CT molecular complexity index is 569. The van der Waals surface area contributed by atoms with E-state index in [1.165, 1.54) is 0 Å². The number of halogens is 3. The van der Waals surface area contributed by atoms with Crippen molar-refractivity contribution < 1.29 is 22.2 Å². The summed E-state index contributed by atoms with van der Waals surface area (Å²) < 4.78 is 49.3. The van der Waals surface area contributed by atoms with Crippen molar-refractivity contribution >= 4 is 16.6 Å². The van der Waals surface area contributed by atoms with Crippen molar-refractivity contribution in [3.8, 4) is 0 Å². The van der Waals surface area contributed by atoms with Crippen molar-refractivity contribution in [3.05, 3.63) is 29.6 Å². The third kappa shape index (κ3) is 2.75. The Morgan fingerprint density at radius 2 is 1.81 bits per heavy atom. The van der Waals surface area contributed by atoms with E-state index in [1.54, 1.807) is 0 Å². The van der Waals surface area contributed by atoms with Crippen LogP contribution in [0.2, 0.25) is 0 Å².